The van der Waals surface area contributed by atoms with Crippen molar-refractivity contribution in [3.05, 3.63) is 30.1 Å². The lowest BCUT2D eigenvalue weighted by atomic mass is 10.2. The van der Waals surface area contributed by atoms with Crippen LogP contribution in [0.25, 0.3) is 0 Å². The molecule has 0 N–H and O–H groups in total. The van der Waals surface area contributed by atoms with Gasteiger partial charge in [0.2, 0.25) is 0 Å². The number of sulfone groups is 1. The smallest absolute Gasteiger partial charge is 0.178 e. The van der Waals surface area contributed by atoms with Crippen LogP contribution in [0, 0.1) is 11.7 Å². The SMILES string of the molecule is CCC(C)CS(=O)(=O)c1ccc(F)cc1. The van der Waals surface area contributed by atoms with E-state index < -0.39 is 15.7 Å². The highest BCUT2D eigenvalue weighted by molar-refractivity contribution is 7.91. The molecule has 0 aromatic heterocycles. The average Bonchev–Trinajstić information content (AvgIpc) is 2.17. The maximum atomic E-state index is 12.6. The van der Waals surface area contributed by atoms with Crippen molar-refractivity contribution in [1.82, 2.24) is 0 Å². The van der Waals surface area contributed by atoms with Gasteiger partial charge in [-0.25, -0.2) is 12.8 Å². The molecule has 15 heavy (non-hydrogen) atoms. The molecule has 0 radical (unpaired) electrons. The minimum Gasteiger partial charge on any atom is -0.224 e. The topological polar surface area (TPSA) is 34.1 Å². The van der Waals surface area contributed by atoms with Gasteiger partial charge < -0.3 is 0 Å². The first-order chi connectivity index (χ1) is 6.95. The van der Waals surface area contributed by atoms with E-state index in [0.29, 0.717) is 0 Å². The second kappa shape index (κ2) is 4.75. The average molecular weight is 230 g/mol. The van der Waals surface area contributed by atoms with Crippen LogP contribution in [-0.4, -0.2) is 14.2 Å². The minimum absolute atomic E-state index is 0.120. The van der Waals surface area contributed by atoms with Crippen LogP contribution >= 0.6 is 0 Å². The number of rotatable bonds is 4. The van der Waals surface area contributed by atoms with Gasteiger partial charge in [0.1, 0.15) is 5.82 Å². The van der Waals surface area contributed by atoms with Gasteiger partial charge in [-0.1, -0.05) is 20.3 Å². The van der Waals surface area contributed by atoms with Gasteiger partial charge in [0.05, 0.1) is 10.6 Å². The molecule has 0 aliphatic rings. The predicted octanol–water partition coefficient (Wildman–Crippen LogP) is 2.65. The van der Waals surface area contributed by atoms with Gasteiger partial charge >= 0.3 is 0 Å². The maximum absolute atomic E-state index is 12.6. The lowest BCUT2D eigenvalue weighted by Gasteiger charge is -2.09. The lowest BCUT2D eigenvalue weighted by molar-refractivity contribution is 0.564. The van der Waals surface area contributed by atoms with E-state index in [1.54, 1.807) is 0 Å². The third kappa shape index (κ3) is 3.30. The Balaban J connectivity index is 2.91. The molecule has 0 saturated heterocycles. The molecule has 1 aromatic carbocycles. The van der Waals surface area contributed by atoms with Crippen molar-refractivity contribution in [3.63, 3.8) is 0 Å². The zero-order chi connectivity index (χ0) is 11.5. The molecule has 1 aromatic rings. The summed E-state index contributed by atoms with van der Waals surface area (Å²) >= 11 is 0. The fourth-order valence-electron chi connectivity index (χ4n) is 1.23. The van der Waals surface area contributed by atoms with Crippen molar-refractivity contribution in [2.24, 2.45) is 5.92 Å². The van der Waals surface area contributed by atoms with Crippen LogP contribution < -0.4 is 0 Å². The van der Waals surface area contributed by atoms with Gasteiger partial charge in [-0.3, -0.25) is 0 Å². The molecule has 2 nitrogen and oxygen atoms in total. The van der Waals surface area contributed by atoms with Crippen LogP contribution in [0.2, 0.25) is 0 Å². The van der Waals surface area contributed by atoms with Gasteiger partial charge in [-0.05, 0) is 30.2 Å². The van der Waals surface area contributed by atoms with Gasteiger partial charge in [-0.2, -0.15) is 0 Å². The van der Waals surface area contributed by atoms with Crippen molar-refractivity contribution < 1.29 is 12.8 Å². The zero-order valence-electron chi connectivity index (χ0n) is 8.90. The molecule has 1 rings (SSSR count). The molecular weight excluding hydrogens is 215 g/mol. The summed E-state index contributed by atoms with van der Waals surface area (Å²) < 4.78 is 36.2. The summed E-state index contributed by atoms with van der Waals surface area (Å²) in [5, 5.41) is 0. The summed E-state index contributed by atoms with van der Waals surface area (Å²) in [7, 11) is -3.26. The summed E-state index contributed by atoms with van der Waals surface area (Å²) in [6, 6.07) is 4.97. The first-order valence-corrected chi connectivity index (χ1v) is 6.59. The van der Waals surface area contributed by atoms with E-state index in [1.807, 2.05) is 13.8 Å². The minimum atomic E-state index is -3.26. The van der Waals surface area contributed by atoms with E-state index in [1.165, 1.54) is 24.3 Å². The van der Waals surface area contributed by atoms with E-state index in [4.69, 9.17) is 0 Å². The molecule has 1 unspecified atom stereocenters. The Morgan fingerprint density at radius 1 is 1.27 bits per heavy atom. The van der Waals surface area contributed by atoms with E-state index in [0.717, 1.165) is 6.42 Å². The highest BCUT2D eigenvalue weighted by Gasteiger charge is 2.17. The second-order valence-corrected chi connectivity index (χ2v) is 5.78. The Morgan fingerprint density at radius 2 is 1.80 bits per heavy atom. The van der Waals surface area contributed by atoms with Crippen LogP contribution in [0.3, 0.4) is 0 Å². The van der Waals surface area contributed by atoms with E-state index in [9.17, 15) is 12.8 Å². The summed E-state index contributed by atoms with van der Waals surface area (Å²) in [5.74, 6) is -0.174. The fourth-order valence-corrected chi connectivity index (χ4v) is 2.96. The van der Waals surface area contributed by atoms with Crippen molar-refractivity contribution in [1.29, 1.82) is 0 Å². The third-order valence-electron chi connectivity index (χ3n) is 2.37. The Kier molecular flexibility index (Phi) is 3.85. The van der Waals surface area contributed by atoms with Crippen molar-refractivity contribution in [3.8, 4) is 0 Å². The molecule has 0 aliphatic carbocycles. The standard InChI is InChI=1S/C11H15FO2S/c1-3-9(2)8-15(13,14)11-6-4-10(12)5-7-11/h4-7,9H,3,8H2,1-2H3. The summed E-state index contributed by atoms with van der Waals surface area (Å²) in [5.41, 5.74) is 0. The van der Waals surface area contributed by atoms with E-state index in [2.05, 4.69) is 0 Å². The second-order valence-electron chi connectivity index (χ2n) is 3.75. The Labute approximate surface area is 90.0 Å². The number of hydrogen-bond acceptors (Lipinski definition) is 2. The molecule has 0 saturated carbocycles. The third-order valence-corrected chi connectivity index (χ3v) is 4.37. The molecule has 0 amide bonds. The van der Waals surface area contributed by atoms with E-state index in [-0.39, 0.29) is 16.6 Å². The predicted molar refractivity (Wildman–Crippen MR) is 57.9 cm³/mol. The Bertz CT molecular complexity index is 409. The van der Waals surface area contributed by atoms with Crippen molar-refractivity contribution in [2.75, 3.05) is 5.75 Å². The van der Waals surface area contributed by atoms with Gasteiger partial charge in [-0.15, -0.1) is 0 Å². The highest BCUT2D eigenvalue weighted by atomic mass is 32.2. The molecule has 0 heterocycles. The largest absolute Gasteiger partial charge is 0.224 e. The molecule has 1 atom stereocenters. The van der Waals surface area contributed by atoms with Crippen molar-refractivity contribution in [2.45, 2.75) is 25.2 Å². The maximum Gasteiger partial charge on any atom is 0.178 e. The number of halogens is 1. The van der Waals surface area contributed by atoms with Crippen molar-refractivity contribution >= 4 is 9.84 Å². The molecule has 0 spiro atoms. The monoisotopic (exact) mass is 230 g/mol. The van der Waals surface area contributed by atoms with Gasteiger partial charge in [0.15, 0.2) is 9.84 Å². The Hall–Kier alpha value is -0.900. The first kappa shape index (κ1) is 12.2. The van der Waals surface area contributed by atoms with Crippen LogP contribution in [0.5, 0.6) is 0 Å². The molecule has 84 valence electrons. The highest BCUT2D eigenvalue weighted by Crippen LogP contribution is 2.16. The molecule has 0 fully saturated rings. The summed E-state index contributed by atoms with van der Waals surface area (Å²) in [6.45, 7) is 3.84. The number of hydrogen-bond donors (Lipinski definition) is 0. The first-order valence-electron chi connectivity index (χ1n) is 4.94. The van der Waals surface area contributed by atoms with E-state index >= 15 is 0 Å². The fraction of sp³-hybridized carbons (Fsp3) is 0.455. The lowest BCUT2D eigenvalue weighted by Crippen LogP contribution is -2.13. The molecule has 0 aliphatic heterocycles. The zero-order valence-corrected chi connectivity index (χ0v) is 9.72. The molecule has 0 bridgehead atoms. The molecule has 4 heteroatoms. The van der Waals surface area contributed by atoms with Gasteiger partial charge in [0.25, 0.3) is 0 Å². The van der Waals surface area contributed by atoms with Crippen LogP contribution in [0.15, 0.2) is 29.2 Å². The molecular formula is C11H15FO2S. The summed E-state index contributed by atoms with van der Waals surface area (Å²) in [6.07, 6.45) is 0.820. The van der Waals surface area contributed by atoms with Crippen LogP contribution in [0.1, 0.15) is 20.3 Å². The normalized spacial score (nSPS) is 13.8. The van der Waals surface area contributed by atoms with Gasteiger partial charge in [0, 0.05) is 0 Å². The summed E-state index contributed by atoms with van der Waals surface area (Å²) in [4.78, 5) is 0.198. The van der Waals surface area contributed by atoms with Crippen LogP contribution in [-0.2, 0) is 9.84 Å². The Morgan fingerprint density at radius 3 is 2.27 bits per heavy atom. The number of benzene rings is 1. The quantitative estimate of drug-likeness (QED) is 0.745. The van der Waals surface area contributed by atoms with Crippen LogP contribution in [0.4, 0.5) is 4.39 Å².